The van der Waals surface area contributed by atoms with E-state index in [-0.39, 0.29) is 0 Å². The topological polar surface area (TPSA) is 12.0 Å². The predicted molar refractivity (Wildman–Crippen MR) is 80.8 cm³/mol. The minimum absolute atomic E-state index is 0.455. The SMILES string of the molecule is CCCCCCCC(C)N[C@@H](C)c1ccccc1. The summed E-state index contributed by atoms with van der Waals surface area (Å²) in [4.78, 5) is 0. The average molecular weight is 247 g/mol. The fourth-order valence-electron chi connectivity index (χ4n) is 2.40. The van der Waals surface area contributed by atoms with E-state index >= 15 is 0 Å². The lowest BCUT2D eigenvalue weighted by Gasteiger charge is -2.20. The fourth-order valence-corrected chi connectivity index (χ4v) is 2.40. The molecule has 0 spiro atoms. The molecule has 1 unspecified atom stereocenters. The standard InChI is InChI=1S/C17H29N/c1-4-5-6-7-9-12-15(2)18-16(3)17-13-10-8-11-14-17/h8,10-11,13-16,18H,4-7,9,12H2,1-3H3/t15?,16-/m0/s1. The molecule has 0 fully saturated rings. The first-order valence-electron chi connectivity index (χ1n) is 7.55. The molecule has 0 saturated heterocycles. The molecule has 18 heavy (non-hydrogen) atoms. The zero-order valence-electron chi connectivity index (χ0n) is 12.3. The van der Waals surface area contributed by atoms with E-state index in [4.69, 9.17) is 0 Å². The third kappa shape index (κ3) is 6.20. The van der Waals surface area contributed by atoms with Crippen LogP contribution in [0.25, 0.3) is 0 Å². The van der Waals surface area contributed by atoms with Gasteiger partial charge >= 0.3 is 0 Å². The van der Waals surface area contributed by atoms with Crippen molar-refractivity contribution in [3.63, 3.8) is 0 Å². The second-order valence-corrected chi connectivity index (χ2v) is 5.40. The van der Waals surface area contributed by atoms with Crippen LogP contribution in [0.4, 0.5) is 0 Å². The van der Waals surface area contributed by atoms with Crippen LogP contribution in [0.2, 0.25) is 0 Å². The maximum atomic E-state index is 3.69. The summed E-state index contributed by atoms with van der Waals surface area (Å²) in [6, 6.07) is 11.8. The van der Waals surface area contributed by atoms with Crippen LogP contribution in [-0.2, 0) is 0 Å². The first-order valence-corrected chi connectivity index (χ1v) is 7.55. The summed E-state index contributed by atoms with van der Waals surface area (Å²) in [6.07, 6.45) is 8.16. The highest BCUT2D eigenvalue weighted by Crippen LogP contribution is 2.14. The van der Waals surface area contributed by atoms with Crippen molar-refractivity contribution >= 4 is 0 Å². The maximum Gasteiger partial charge on any atom is 0.0294 e. The average Bonchev–Trinajstić information content (AvgIpc) is 2.39. The molecule has 1 nitrogen and oxygen atoms in total. The Balaban J connectivity index is 2.17. The minimum Gasteiger partial charge on any atom is -0.308 e. The van der Waals surface area contributed by atoms with Crippen LogP contribution in [0.15, 0.2) is 30.3 Å². The molecular weight excluding hydrogens is 218 g/mol. The lowest BCUT2D eigenvalue weighted by Crippen LogP contribution is -2.28. The van der Waals surface area contributed by atoms with Crippen molar-refractivity contribution in [2.24, 2.45) is 0 Å². The van der Waals surface area contributed by atoms with Gasteiger partial charge in [-0.3, -0.25) is 0 Å². The van der Waals surface area contributed by atoms with E-state index in [9.17, 15) is 0 Å². The van der Waals surface area contributed by atoms with Crippen molar-refractivity contribution in [3.8, 4) is 0 Å². The second-order valence-electron chi connectivity index (χ2n) is 5.40. The zero-order valence-corrected chi connectivity index (χ0v) is 12.3. The van der Waals surface area contributed by atoms with E-state index in [1.165, 1.54) is 44.1 Å². The molecule has 0 radical (unpaired) electrons. The number of hydrogen-bond acceptors (Lipinski definition) is 1. The fraction of sp³-hybridized carbons (Fsp3) is 0.647. The van der Waals surface area contributed by atoms with Crippen LogP contribution in [0.5, 0.6) is 0 Å². The van der Waals surface area contributed by atoms with E-state index in [1.54, 1.807) is 0 Å². The van der Waals surface area contributed by atoms with Crippen LogP contribution in [-0.4, -0.2) is 6.04 Å². The van der Waals surface area contributed by atoms with Gasteiger partial charge < -0.3 is 5.32 Å². The van der Waals surface area contributed by atoms with Gasteiger partial charge in [-0.1, -0.05) is 69.4 Å². The quantitative estimate of drug-likeness (QED) is 0.600. The summed E-state index contributed by atoms with van der Waals surface area (Å²) in [7, 11) is 0. The van der Waals surface area contributed by atoms with Crippen LogP contribution < -0.4 is 5.32 Å². The second kappa shape index (κ2) is 9.16. The van der Waals surface area contributed by atoms with Gasteiger partial charge in [-0.15, -0.1) is 0 Å². The Labute approximate surface area is 113 Å². The van der Waals surface area contributed by atoms with Gasteiger partial charge in [0.2, 0.25) is 0 Å². The molecule has 0 heterocycles. The summed E-state index contributed by atoms with van der Waals surface area (Å²) in [5.74, 6) is 0. The first kappa shape index (κ1) is 15.2. The Bertz CT molecular complexity index is 294. The lowest BCUT2D eigenvalue weighted by atomic mass is 10.0. The Morgan fingerprint density at radius 3 is 2.28 bits per heavy atom. The van der Waals surface area contributed by atoms with Crippen molar-refractivity contribution in [1.29, 1.82) is 0 Å². The maximum absolute atomic E-state index is 3.69. The molecule has 0 amide bonds. The van der Waals surface area contributed by atoms with Crippen molar-refractivity contribution in [2.45, 2.75) is 71.4 Å². The van der Waals surface area contributed by atoms with Crippen LogP contribution in [0, 0.1) is 0 Å². The highest BCUT2D eigenvalue weighted by Gasteiger charge is 2.08. The van der Waals surface area contributed by atoms with E-state index in [1.807, 2.05) is 0 Å². The van der Waals surface area contributed by atoms with Crippen LogP contribution in [0.1, 0.15) is 70.9 Å². The Morgan fingerprint density at radius 1 is 0.944 bits per heavy atom. The number of nitrogens with one attached hydrogen (secondary N) is 1. The third-order valence-electron chi connectivity index (χ3n) is 3.57. The summed E-state index contributed by atoms with van der Waals surface area (Å²) < 4.78 is 0. The smallest absolute Gasteiger partial charge is 0.0294 e. The number of benzene rings is 1. The van der Waals surface area contributed by atoms with Crippen molar-refractivity contribution in [2.75, 3.05) is 0 Å². The van der Waals surface area contributed by atoms with Gasteiger partial charge in [0.25, 0.3) is 0 Å². The van der Waals surface area contributed by atoms with Crippen LogP contribution >= 0.6 is 0 Å². The van der Waals surface area contributed by atoms with E-state index < -0.39 is 0 Å². The summed E-state index contributed by atoms with van der Waals surface area (Å²) >= 11 is 0. The lowest BCUT2D eigenvalue weighted by molar-refractivity contribution is 0.436. The van der Waals surface area contributed by atoms with Crippen molar-refractivity contribution in [3.05, 3.63) is 35.9 Å². The molecule has 0 aliphatic heterocycles. The Hall–Kier alpha value is -0.820. The zero-order chi connectivity index (χ0) is 13.2. The van der Waals surface area contributed by atoms with Gasteiger partial charge in [-0.25, -0.2) is 0 Å². The molecule has 1 N–H and O–H groups in total. The molecular formula is C17H29N. The van der Waals surface area contributed by atoms with Gasteiger partial charge in [0.05, 0.1) is 0 Å². The molecule has 1 aromatic rings. The summed E-state index contributed by atoms with van der Waals surface area (Å²) in [6.45, 7) is 6.83. The Kier molecular flexibility index (Phi) is 7.75. The highest BCUT2D eigenvalue weighted by atomic mass is 14.9. The van der Waals surface area contributed by atoms with Crippen molar-refractivity contribution in [1.82, 2.24) is 5.32 Å². The molecule has 0 bridgehead atoms. The molecule has 1 aromatic carbocycles. The minimum atomic E-state index is 0.455. The summed E-state index contributed by atoms with van der Waals surface area (Å²) in [5, 5.41) is 3.69. The molecule has 102 valence electrons. The van der Waals surface area contributed by atoms with Gasteiger partial charge in [0, 0.05) is 12.1 Å². The largest absolute Gasteiger partial charge is 0.308 e. The number of unbranched alkanes of at least 4 members (excludes halogenated alkanes) is 4. The van der Waals surface area contributed by atoms with Gasteiger partial charge in [0.15, 0.2) is 0 Å². The predicted octanol–water partition coefficient (Wildman–Crippen LogP) is 5.09. The van der Waals surface area contributed by atoms with Crippen molar-refractivity contribution < 1.29 is 0 Å². The van der Waals surface area contributed by atoms with E-state index in [0.717, 1.165) is 0 Å². The third-order valence-corrected chi connectivity index (χ3v) is 3.57. The molecule has 0 aliphatic carbocycles. The van der Waals surface area contributed by atoms with Crippen LogP contribution in [0.3, 0.4) is 0 Å². The molecule has 2 atom stereocenters. The molecule has 1 rings (SSSR count). The number of rotatable bonds is 9. The molecule has 1 heteroatoms. The molecule has 0 aliphatic rings. The van der Waals surface area contributed by atoms with Gasteiger partial charge in [-0.05, 0) is 25.8 Å². The molecule has 0 saturated carbocycles. The highest BCUT2D eigenvalue weighted by molar-refractivity contribution is 5.18. The van der Waals surface area contributed by atoms with Gasteiger partial charge in [-0.2, -0.15) is 0 Å². The van der Waals surface area contributed by atoms with E-state index in [2.05, 4.69) is 56.4 Å². The first-order chi connectivity index (χ1) is 8.74. The van der Waals surface area contributed by atoms with Gasteiger partial charge in [0.1, 0.15) is 0 Å². The molecule has 0 aromatic heterocycles. The number of hydrogen-bond donors (Lipinski definition) is 1. The summed E-state index contributed by atoms with van der Waals surface area (Å²) in [5.41, 5.74) is 1.38. The Morgan fingerprint density at radius 2 is 1.61 bits per heavy atom. The monoisotopic (exact) mass is 247 g/mol. The van der Waals surface area contributed by atoms with E-state index in [0.29, 0.717) is 12.1 Å². The normalized spacial score (nSPS) is 14.4.